The summed E-state index contributed by atoms with van der Waals surface area (Å²) in [6.07, 6.45) is 0.699. The van der Waals surface area contributed by atoms with Gasteiger partial charge in [0.15, 0.2) is 0 Å². The van der Waals surface area contributed by atoms with Gasteiger partial charge >= 0.3 is 5.97 Å². The van der Waals surface area contributed by atoms with Crippen molar-refractivity contribution in [2.45, 2.75) is 13.3 Å². The number of aromatic carboxylic acids is 1. The van der Waals surface area contributed by atoms with Crippen LogP contribution in [0.3, 0.4) is 0 Å². The van der Waals surface area contributed by atoms with E-state index in [9.17, 15) is 4.79 Å². The van der Waals surface area contributed by atoms with Crippen LogP contribution < -0.4 is 14.2 Å². The molecule has 0 bridgehead atoms. The molecule has 2 rings (SSSR count). The highest BCUT2D eigenvalue weighted by atomic mass is 16.5. The molecule has 0 saturated heterocycles. The van der Waals surface area contributed by atoms with E-state index in [2.05, 4.69) is 0 Å². The molecule has 5 nitrogen and oxygen atoms in total. The number of carboxylic acid groups (broad SMARTS) is 1. The van der Waals surface area contributed by atoms with Crippen molar-refractivity contribution in [3.8, 4) is 17.2 Å². The minimum absolute atomic E-state index is 0.216. The van der Waals surface area contributed by atoms with Gasteiger partial charge in [0.2, 0.25) is 0 Å². The second kappa shape index (κ2) is 8.68. The van der Waals surface area contributed by atoms with Gasteiger partial charge in [-0.3, -0.25) is 0 Å². The lowest BCUT2D eigenvalue weighted by Gasteiger charge is -2.09. The Bertz CT molecular complexity index is 622. The van der Waals surface area contributed by atoms with Crippen molar-refractivity contribution in [1.82, 2.24) is 0 Å². The third-order valence-electron chi connectivity index (χ3n) is 3.04. The van der Waals surface area contributed by atoms with Gasteiger partial charge in [0.1, 0.15) is 17.2 Å². The molecular formula is C18H20O5. The fourth-order valence-electron chi connectivity index (χ4n) is 1.96. The van der Waals surface area contributed by atoms with Gasteiger partial charge in [0, 0.05) is 6.42 Å². The van der Waals surface area contributed by atoms with Crippen LogP contribution in [0, 0.1) is 0 Å². The molecule has 1 N–H and O–H groups in total. The summed E-state index contributed by atoms with van der Waals surface area (Å²) < 4.78 is 16.5. The van der Waals surface area contributed by atoms with Gasteiger partial charge in [-0.1, -0.05) is 6.07 Å². The fraction of sp³-hybridized carbons (Fsp3) is 0.278. The van der Waals surface area contributed by atoms with Crippen molar-refractivity contribution >= 4 is 5.97 Å². The molecule has 122 valence electrons. The Labute approximate surface area is 135 Å². The lowest BCUT2D eigenvalue weighted by molar-refractivity contribution is 0.0696. The quantitative estimate of drug-likeness (QED) is 0.716. The highest BCUT2D eigenvalue weighted by Gasteiger charge is 2.03. The molecule has 5 heteroatoms. The van der Waals surface area contributed by atoms with Crippen molar-refractivity contribution in [3.63, 3.8) is 0 Å². The predicted molar refractivity (Wildman–Crippen MR) is 86.6 cm³/mol. The van der Waals surface area contributed by atoms with Gasteiger partial charge in [-0.2, -0.15) is 0 Å². The van der Waals surface area contributed by atoms with Crippen molar-refractivity contribution in [2.75, 3.05) is 19.8 Å². The van der Waals surface area contributed by atoms with E-state index >= 15 is 0 Å². The minimum atomic E-state index is -0.964. The summed E-state index contributed by atoms with van der Waals surface area (Å²) in [5.74, 6) is 1.18. The average molecular weight is 316 g/mol. The molecule has 2 aromatic rings. The zero-order valence-electron chi connectivity index (χ0n) is 13.0. The van der Waals surface area contributed by atoms with Crippen LogP contribution in [0.15, 0.2) is 48.5 Å². The first-order chi connectivity index (χ1) is 11.2. The van der Waals surface area contributed by atoms with Crippen molar-refractivity contribution in [2.24, 2.45) is 0 Å². The summed E-state index contributed by atoms with van der Waals surface area (Å²) in [6, 6.07) is 13.9. The summed E-state index contributed by atoms with van der Waals surface area (Å²) in [7, 11) is 0. The molecule has 2 aromatic carbocycles. The van der Waals surface area contributed by atoms with E-state index in [0.717, 1.165) is 11.5 Å². The molecule has 0 heterocycles. The van der Waals surface area contributed by atoms with E-state index in [1.807, 2.05) is 31.2 Å². The number of hydrogen-bond donors (Lipinski definition) is 1. The second-order valence-corrected chi connectivity index (χ2v) is 4.79. The first-order valence-electron chi connectivity index (χ1n) is 7.51. The maximum absolute atomic E-state index is 10.9. The maximum atomic E-state index is 10.9. The largest absolute Gasteiger partial charge is 0.494 e. The second-order valence-electron chi connectivity index (χ2n) is 4.79. The normalized spacial score (nSPS) is 10.1. The number of hydrogen-bond acceptors (Lipinski definition) is 4. The topological polar surface area (TPSA) is 65.0 Å². The summed E-state index contributed by atoms with van der Waals surface area (Å²) in [4.78, 5) is 10.9. The summed E-state index contributed by atoms with van der Waals surface area (Å²) in [6.45, 7) is 3.56. The Hall–Kier alpha value is -2.69. The highest BCUT2D eigenvalue weighted by molar-refractivity contribution is 5.87. The number of benzene rings is 2. The van der Waals surface area contributed by atoms with Crippen molar-refractivity contribution in [3.05, 3.63) is 54.1 Å². The Morgan fingerprint density at radius 3 is 2.13 bits per heavy atom. The summed E-state index contributed by atoms with van der Waals surface area (Å²) >= 11 is 0. The van der Waals surface area contributed by atoms with Crippen LogP contribution in [0.2, 0.25) is 0 Å². The first-order valence-corrected chi connectivity index (χ1v) is 7.51. The molecule has 0 aliphatic carbocycles. The zero-order chi connectivity index (χ0) is 16.5. The molecule has 0 saturated carbocycles. The molecule has 23 heavy (non-hydrogen) atoms. The van der Waals surface area contributed by atoms with Crippen LogP contribution in [0.25, 0.3) is 0 Å². The van der Waals surface area contributed by atoms with Crippen LogP contribution in [-0.2, 0) is 0 Å². The van der Waals surface area contributed by atoms with Crippen LogP contribution in [0.5, 0.6) is 17.2 Å². The molecule has 0 amide bonds. The van der Waals surface area contributed by atoms with Crippen LogP contribution in [0.1, 0.15) is 23.7 Å². The van der Waals surface area contributed by atoms with E-state index in [-0.39, 0.29) is 5.56 Å². The predicted octanol–water partition coefficient (Wildman–Crippen LogP) is 3.63. The highest BCUT2D eigenvalue weighted by Crippen LogP contribution is 2.18. The van der Waals surface area contributed by atoms with Gasteiger partial charge in [-0.25, -0.2) is 4.79 Å². The Balaban J connectivity index is 1.69. The van der Waals surface area contributed by atoms with E-state index in [0.29, 0.717) is 32.0 Å². The third kappa shape index (κ3) is 5.54. The molecule has 0 atom stereocenters. The van der Waals surface area contributed by atoms with E-state index in [1.165, 1.54) is 12.1 Å². The Morgan fingerprint density at radius 2 is 1.52 bits per heavy atom. The molecule has 0 aliphatic heterocycles. The van der Waals surface area contributed by atoms with Gasteiger partial charge in [-0.05, 0) is 49.4 Å². The minimum Gasteiger partial charge on any atom is -0.494 e. The summed E-state index contributed by atoms with van der Waals surface area (Å²) in [5.41, 5.74) is 0.216. The smallest absolute Gasteiger partial charge is 0.335 e. The number of carbonyl (C=O) groups is 1. The maximum Gasteiger partial charge on any atom is 0.335 e. The van der Waals surface area contributed by atoms with E-state index in [1.54, 1.807) is 12.1 Å². The Kier molecular flexibility index (Phi) is 6.29. The van der Waals surface area contributed by atoms with Gasteiger partial charge < -0.3 is 19.3 Å². The van der Waals surface area contributed by atoms with Crippen LogP contribution in [0.4, 0.5) is 0 Å². The first kappa shape index (κ1) is 16.7. The zero-order valence-corrected chi connectivity index (χ0v) is 13.0. The molecule has 0 unspecified atom stereocenters. The molecule has 0 spiro atoms. The van der Waals surface area contributed by atoms with Gasteiger partial charge in [-0.15, -0.1) is 0 Å². The summed E-state index contributed by atoms with van der Waals surface area (Å²) in [5, 5.41) is 8.91. The SMILES string of the molecule is CCOc1ccc(OCCCOc2cccc(C(=O)O)c2)cc1. The average Bonchev–Trinajstić information content (AvgIpc) is 2.56. The Morgan fingerprint density at radius 1 is 0.913 bits per heavy atom. The number of ether oxygens (including phenoxy) is 3. The van der Waals surface area contributed by atoms with Gasteiger partial charge in [0.25, 0.3) is 0 Å². The standard InChI is InChI=1S/C18H20O5/c1-2-21-15-7-9-16(10-8-15)22-11-4-12-23-17-6-3-5-14(13-17)18(19)20/h3,5-10,13H,2,4,11-12H2,1H3,(H,19,20). The fourth-order valence-corrected chi connectivity index (χ4v) is 1.96. The van der Waals surface area contributed by atoms with Crippen molar-refractivity contribution in [1.29, 1.82) is 0 Å². The number of rotatable bonds is 9. The lowest BCUT2D eigenvalue weighted by atomic mass is 10.2. The molecular weight excluding hydrogens is 296 g/mol. The third-order valence-corrected chi connectivity index (χ3v) is 3.04. The van der Waals surface area contributed by atoms with E-state index < -0.39 is 5.97 Å². The molecule has 0 fully saturated rings. The molecule has 0 radical (unpaired) electrons. The van der Waals surface area contributed by atoms with E-state index in [4.69, 9.17) is 19.3 Å². The van der Waals surface area contributed by atoms with Gasteiger partial charge in [0.05, 0.1) is 25.4 Å². The number of carboxylic acids is 1. The molecule has 0 aliphatic rings. The lowest BCUT2D eigenvalue weighted by Crippen LogP contribution is -2.05. The van der Waals surface area contributed by atoms with Crippen molar-refractivity contribution < 1.29 is 24.1 Å². The van der Waals surface area contributed by atoms with Crippen LogP contribution in [-0.4, -0.2) is 30.9 Å². The monoisotopic (exact) mass is 316 g/mol. The van der Waals surface area contributed by atoms with Crippen LogP contribution >= 0.6 is 0 Å². The molecule has 0 aromatic heterocycles.